The molecule has 0 aliphatic rings. The van der Waals surface area contributed by atoms with Gasteiger partial charge < -0.3 is 9.84 Å². The van der Waals surface area contributed by atoms with E-state index in [4.69, 9.17) is 5.84 Å². The molecule has 0 saturated heterocycles. The lowest BCUT2D eigenvalue weighted by molar-refractivity contribution is -0.151. The van der Waals surface area contributed by atoms with E-state index in [0.29, 0.717) is 6.54 Å². The van der Waals surface area contributed by atoms with Gasteiger partial charge in [-0.05, 0) is 17.7 Å². The molecule has 1 rings (SSSR count). The normalized spacial score (nSPS) is 12.5. The third-order valence-corrected chi connectivity index (χ3v) is 2.71. The maximum absolute atomic E-state index is 11.0. The third kappa shape index (κ3) is 4.82. The smallest absolute Gasteiger partial charge is 0.336 e. The van der Waals surface area contributed by atoms with E-state index in [1.54, 1.807) is 0 Å². The van der Waals surface area contributed by atoms with Crippen molar-refractivity contribution >= 4 is 21.9 Å². The molecule has 5 nitrogen and oxygen atoms in total. The number of esters is 1. The Morgan fingerprint density at radius 2 is 2.12 bits per heavy atom. The zero-order valence-electron chi connectivity index (χ0n) is 9.47. The fourth-order valence-corrected chi connectivity index (χ4v) is 1.59. The summed E-state index contributed by atoms with van der Waals surface area (Å²) in [7, 11) is 1.22. The van der Waals surface area contributed by atoms with Crippen LogP contribution >= 0.6 is 15.9 Å². The van der Waals surface area contributed by atoms with Crippen LogP contribution in [0, 0.1) is 0 Å². The van der Waals surface area contributed by atoms with Gasteiger partial charge in [0.15, 0.2) is 6.10 Å². The molecule has 0 aromatic heterocycles. The first kappa shape index (κ1) is 14.1. The van der Waals surface area contributed by atoms with Crippen LogP contribution in [0.5, 0.6) is 0 Å². The lowest BCUT2D eigenvalue weighted by Crippen LogP contribution is -2.41. The summed E-state index contributed by atoms with van der Waals surface area (Å²) < 4.78 is 5.39. The second-order valence-corrected chi connectivity index (χ2v) is 4.51. The lowest BCUT2D eigenvalue weighted by atomic mass is 10.2. The standard InChI is InChI=1S/C11H15BrN2O3/c1-17-11(16)10(15)7-14(13)6-8-2-4-9(12)5-3-8/h2-5,10,15H,6-7,13H2,1H3/t10-/m1/s1. The van der Waals surface area contributed by atoms with Crippen LogP contribution in [-0.2, 0) is 16.1 Å². The molecule has 3 N–H and O–H groups in total. The predicted octanol–water partition coefficient (Wildman–Crippen LogP) is 0.659. The number of hydrogen-bond donors (Lipinski definition) is 2. The minimum absolute atomic E-state index is 0.0305. The second kappa shape index (κ2) is 6.70. The molecule has 0 aliphatic heterocycles. The van der Waals surface area contributed by atoms with Crippen molar-refractivity contribution < 1.29 is 14.6 Å². The van der Waals surface area contributed by atoms with Crippen molar-refractivity contribution in [2.24, 2.45) is 5.84 Å². The molecular weight excluding hydrogens is 288 g/mol. The fraction of sp³-hybridized carbons (Fsp3) is 0.364. The fourth-order valence-electron chi connectivity index (χ4n) is 1.32. The van der Waals surface area contributed by atoms with Crippen LogP contribution in [0.15, 0.2) is 28.7 Å². The molecule has 0 bridgehead atoms. The number of carbonyl (C=O) groups is 1. The first-order valence-corrected chi connectivity index (χ1v) is 5.82. The van der Waals surface area contributed by atoms with Gasteiger partial charge in [-0.15, -0.1) is 0 Å². The van der Waals surface area contributed by atoms with Crippen molar-refractivity contribution in [3.8, 4) is 0 Å². The van der Waals surface area contributed by atoms with Crippen molar-refractivity contribution in [1.82, 2.24) is 5.01 Å². The average molecular weight is 303 g/mol. The number of aliphatic hydroxyl groups excluding tert-OH is 1. The van der Waals surface area contributed by atoms with Crippen LogP contribution in [0.2, 0.25) is 0 Å². The topological polar surface area (TPSA) is 75.8 Å². The zero-order chi connectivity index (χ0) is 12.8. The van der Waals surface area contributed by atoms with Crippen LogP contribution in [0.3, 0.4) is 0 Å². The number of hydrazine groups is 1. The van der Waals surface area contributed by atoms with Crippen molar-refractivity contribution in [1.29, 1.82) is 0 Å². The minimum atomic E-state index is -1.22. The number of ether oxygens (including phenoxy) is 1. The molecule has 0 heterocycles. The van der Waals surface area contributed by atoms with Gasteiger partial charge in [-0.2, -0.15) is 0 Å². The number of methoxy groups -OCH3 is 1. The minimum Gasteiger partial charge on any atom is -0.467 e. The van der Waals surface area contributed by atoms with Gasteiger partial charge in [0.1, 0.15) is 0 Å². The number of halogens is 1. The number of hydrogen-bond acceptors (Lipinski definition) is 5. The van der Waals surface area contributed by atoms with Gasteiger partial charge in [0.25, 0.3) is 0 Å². The van der Waals surface area contributed by atoms with Gasteiger partial charge >= 0.3 is 5.97 Å². The Hall–Kier alpha value is -0.950. The van der Waals surface area contributed by atoms with Crippen molar-refractivity contribution in [3.05, 3.63) is 34.3 Å². The maximum atomic E-state index is 11.0. The molecule has 0 spiro atoms. The van der Waals surface area contributed by atoms with E-state index in [2.05, 4.69) is 20.7 Å². The number of rotatable bonds is 5. The third-order valence-electron chi connectivity index (χ3n) is 2.18. The number of benzene rings is 1. The second-order valence-electron chi connectivity index (χ2n) is 3.59. The average Bonchev–Trinajstić information content (AvgIpc) is 2.30. The molecule has 0 fully saturated rings. The number of nitrogens with zero attached hydrogens (tertiary/aromatic N) is 1. The highest BCUT2D eigenvalue weighted by Crippen LogP contribution is 2.11. The number of aliphatic hydroxyl groups is 1. The Balaban J connectivity index is 2.46. The Kier molecular flexibility index (Phi) is 5.57. The van der Waals surface area contributed by atoms with Crippen LogP contribution in [-0.4, -0.2) is 35.8 Å². The van der Waals surface area contributed by atoms with Crippen LogP contribution in [0.4, 0.5) is 0 Å². The molecule has 0 unspecified atom stereocenters. The Bertz CT molecular complexity index is 369. The van der Waals surface area contributed by atoms with Crippen molar-refractivity contribution in [2.75, 3.05) is 13.7 Å². The molecule has 6 heteroatoms. The van der Waals surface area contributed by atoms with E-state index in [1.807, 2.05) is 24.3 Å². The van der Waals surface area contributed by atoms with Gasteiger partial charge in [-0.3, -0.25) is 5.84 Å². The van der Waals surface area contributed by atoms with E-state index in [1.165, 1.54) is 12.1 Å². The van der Waals surface area contributed by atoms with E-state index in [9.17, 15) is 9.90 Å². The number of carbonyl (C=O) groups excluding carboxylic acids is 1. The van der Waals surface area contributed by atoms with E-state index in [-0.39, 0.29) is 6.54 Å². The Labute approximate surface area is 108 Å². The van der Waals surface area contributed by atoms with Gasteiger partial charge in [0.05, 0.1) is 13.7 Å². The summed E-state index contributed by atoms with van der Waals surface area (Å²) in [5.74, 6) is 5.01. The summed E-state index contributed by atoms with van der Waals surface area (Å²) in [4.78, 5) is 11.0. The lowest BCUT2D eigenvalue weighted by Gasteiger charge is -2.18. The largest absolute Gasteiger partial charge is 0.467 e. The quantitative estimate of drug-likeness (QED) is 0.475. The van der Waals surface area contributed by atoms with Gasteiger partial charge in [-0.1, -0.05) is 28.1 Å². The zero-order valence-corrected chi connectivity index (χ0v) is 11.1. The van der Waals surface area contributed by atoms with Crippen LogP contribution < -0.4 is 5.84 Å². The molecule has 1 aromatic rings. The van der Waals surface area contributed by atoms with E-state index < -0.39 is 12.1 Å². The van der Waals surface area contributed by atoms with Gasteiger partial charge in [0, 0.05) is 11.0 Å². The molecule has 1 aromatic carbocycles. The molecule has 94 valence electrons. The Morgan fingerprint density at radius 3 is 2.65 bits per heavy atom. The summed E-state index contributed by atoms with van der Waals surface area (Å²) in [5.41, 5.74) is 0.993. The monoisotopic (exact) mass is 302 g/mol. The van der Waals surface area contributed by atoms with Crippen molar-refractivity contribution in [2.45, 2.75) is 12.6 Å². The van der Waals surface area contributed by atoms with E-state index >= 15 is 0 Å². The van der Waals surface area contributed by atoms with Crippen molar-refractivity contribution in [3.63, 3.8) is 0 Å². The summed E-state index contributed by atoms with van der Waals surface area (Å²) in [6.45, 7) is 0.476. The van der Waals surface area contributed by atoms with Gasteiger partial charge in [0.2, 0.25) is 0 Å². The molecule has 0 radical (unpaired) electrons. The first-order valence-electron chi connectivity index (χ1n) is 5.03. The highest BCUT2D eigenvalue weighted by Gasteiger charge is 2.17. The molecule has 0 amide bonds. The maximum Gasteiger partial charge on any atom is 0.336 e. The number of nitrogens with two attached hydrogens (primary N) is 1. The molecule has 0 aliphatic carbocycles. The molecule has 0 saturated carbocycles. The summed E-state index contributed by atoms with van der Waals surface area (Å²) in [6, 6.07) is 7.63. The Morgan fingerprint density at radius 1 is 1.53 bits per heavy atom. The predicted molar refractivity (Wildman–Crippen MR) is 66.8 cm³/mol. The summed E-state index contributed by atoms with van der Waals surface area (Å²) in [5, 5.41) is 10.8. The van der Waals surface area contributed by atoms with E-state index in [0.717, 1.165) is 10.0 Å². The van der Waals surface area contributed by atoms with Gasteiger partial charge in [-0.25, -0.2) is 9.80 Å². The highest BCUT2D eigenvalue weighted by atomic mass is 79.9. The molecule has 1 atom stereocenters. The summed E-state index contributed by atoms with van der Waals surface area (Å²) in [6.07, 6.45) is -1.22. The highest BCUT2D eigenvalue weighted by molar-refractivity contribution is 9.10. The SMILES string of the molecule is COC(=O)[C@H](O)CN(N)Cc1ccc(Br)cc1. The van der Waals surface area contributed by atoms with Crippen LogP contribution in [0.25, 0.3) is 0 Å². The molecular formula is C11H15BrN2O3. The van der Waals surface area contributed by atoms with Crippen LogP contribution in [0.1, 0.15) is 5.56 Å². The summed E-state index contributed by atoms with van der Waals surface area (Å²) >= 11 is 3.33. The molecule has 17 heavy (non-hydrogen) atoms. The first-order chi connectivity index (χ1) is 8.02.